The molecule has 4 amide bonds. The Morgan fingerprint density at radius 3 is 1.76 bits per heavy atom. The lowest BCUT2D eigenvalue weighted by Gasteiger charge is -2.23. The molecule has 0 saturated carbocycles. The molecule has 29 heavy (non-hydrogen) atoms. The number of amides is 4. The number of rotatable bonds is 13. The van der Waals surface area contributed by atoms with Crippen molar-refractivity contribution < 1.29 is 44.1 Å². The Morgan fingerprint density at radius 2 is 1.34 bits per heavy atom. The molecule has 0 aromatic carbocycles. The molecule has 4 unspecified atom stereocenters. The van der Waals surface area contributed by atoms with Crippen LogP contribution >= 0.6 is 0 Å². The van der Waals surface area contributed by atoms with E-state index < -0.39 is 85.6 Å². The van der Waals surface area contributed by atoms with Gasteiger partial charge in [0.2, 0.25) is 23.6 Å². The van der Waals surface area contributed by atoms with Gasteiger partial charge in [0.15, 0.2) is 0 Å². The number of aliphatic carboxylic acids is 2. The number of aliphatic hydroxyl groups excluding tert-OH is 1. The van der Waals surface area contributed by atoms with Crippen LogP contribution in [0.4, 0.5) is 0 Å². The van der Waals surface area contributed by atoms with E-state index >= 15 is 0 Å². The van der Waals surface area contributed by atoms with Crippen molar-refractivity contribution in [2.24, 2.45) is 11.5 Å². The number of nitrogens with one attached hydrogen (secondary N) is 3. The van der Waals surface area contributed by atoms with Crippen LogP contribution in [-0.2, 0) is 28.8 Å². The van der Waals surface area contributed by atoms with Crippen LogP contribution in [0.15, 0.2) is 0 Å². The highest BCUT2D eigenvalue weighted by atomic mass is 16.4. The van der Waals surface area contributed by atoms with E-state index in [-0.39, 0.29) is 0 Å². The van der Waals surface area contributed by atoms with Gasteiger partial charge in [-0.25, -0.2) is 4.79 Å². The smallest absolute Gasteiger partial charge is 0.326 e. The van der Waals surface area contributed by atoms with Gasteiger partial charge in [0.25, 0.3) is 0 Å². The maximum Gasteiger partial charge on any atom is 0.326 e. The predicted octanol–water partition coefficient (Wildman–Crippen LogP) is -4.39. The predicted molar refractivity (Wildman–Crippen MR) is 94.8 cm³/mol. The number of primary amides is 1. The lowest BCUT2D eigenvalue weighted by Crippen LogP contribution is -2.58. The lowest BCUT2D eigenvalue weighted by molar-refractivity contribution is -0.143. The molecular formula is C15H25N5O9. The van der Waals surface area contributed by atoms with Gasteiger partial charge in [0, 0.05) is 6.42 Å². The summed E-state index contributed by atoms with van der Waals surface area (Å²) in [5.74, 6) is -6.77. The van der Waals surface area contributed by atoms with Gasteiger partial charge in [0.05, 0.1) is 19.1 Å². The molecule has 0 aliphatic carbocycles. The second kappa shape index (κ2) is 12.2. The SMILES string of the molecule is CC(N)C(=O)NC(CO)C(=O)NC(CC(N)=O)C(=O)NC(CCC(=O)O)C(=O)O. The highest BCUT2D eigenvalue weighted by Crippen LogP contribution is 2.01. The number of carboxylic acids is 2. The topological polar surface area (TPSA) is 251 Å². The molecule has 0 bridgehead atoms. The van der Waals surface area contributed by atoms with E-state index in [1.54, 1.807) is 0 Å². The molecule has 0 aromatic heterocycles. The van der Waals surface area contributed by atoms with E-state index in [0.717, 1.165) is 0 Å². The van der Waals surface area contributed by atoms with Crippen molar-refractivity contribution >= 4 is 35.6 Å². The molecule has 0 aromatic rings. The van der Waals surface area contributed by atoms with E-state index in [0.29, 0.717) is 0 Å². The summed E-state index contributed by atoms with van der Waals surface area (Å²) in [6.07, 6.45) is -1.72. The normalized spacial score (nSPS) is 14.6. The Kier molecular flexibility index (Phi) is 10.9. The van der Waals surface area contributed by atoms with Gasteiger partial charge in [-0.05, 0) is 13.3 Å². The Labute approximate surface area is 165 Å². The number of aliphatic hydroxyl groups is 1. The monoisotopic (exact) mass is 419 g/mol. The first-order valence-corrected chi connectivity index (χ1v) is 8.39. The minimum absolute atomic E-state index is 0.447. The standard InChI is InChI=1S/C15H25N5O9/c1-6(16)12(25)20-9(5-21)14(27)19-8(4-10(17)22)13(26)18-7(15(28)29)2-3-11(23)24/h6-9,21H,2-5,16H2,1H3,(H2,17,22)(H,18,26)(H,19,27)(H,20,25)(H,23,24)(H,28,29). The lowest BCUT2D eigenvalue weighted by atomic mass is 10.1. The second-order valence-corrected chi connectivity index (χ2v) is 6.10. The summed E-state index contributed by atoms with van der Waals surface area (Å²) in [7, 11) is 0. The summed E-state index contributed by atoms with van der Waals surface area (Å²) in [6.45, 7) is 0.472. The number of carbonyl (C=O) groups is 6. The molecule has 0 spiro atoms. The summed E-state index contributed by atoms with van der Waals surface area (Å²) in [5, 5.41) is 33.2. The van der Waals surface area contributed by atoms with Gasteiger partial charge in [0.1, 0.15) is 18.1 Å². The molecular weight excluding hydrogens is 394 g/mol. The van der Waals surface area contributed by atoms with E-state index in [4.69, 9.17) is 21.7 Å². The minimum atomic E-state index is -1.63. The fourth-order valence-electron chi connectivity index (χ4n) is 1.98. The summed E-state index contributed by atoms with van der Waals surface area (Å²) in [5.41, 5.74) is 10.4. The number of nitrogens with two attached hydrogens (primary N) is 2. The van der Waals surface area contributed by atoms with Crippen LogP contribution in [0.5, 0.6) is 0 Å². The first kappa shape index (κ1) is 25.7. The highest BCUT2D eigenvalue weighted by molar-refractivity contribution is 5.96. The van der Waals surface area contributed by atoms with Crippen LogP contribution in [0, 0.1) is 0 Å². The molecule has 0 rings (SSSR count). The molecule has 0 saturated heterocycles. The largest absolute Gasteiger partial charge is 0.481 e. The third-order valence-electron chi connectivity index (χ3n) is 3.53. The number of hydrogen-bond donors (Lipinski definition) is 8. The van der Waals surface area contributed by atoms with Crippen molar-refractivity contribution in [3.8, 4) is 0 Å². The number of carbonyl (C=O) groups excluding carboxylic acids is 4. The maximum absolute atomic E-state index is 12.3. The maximum atomic E-state index is 12.3. The minimum Gasteiger partial charge on any atom is -0.481 e. The van der Waals surface area contributed by atoms with Gasteiger partial charge < -0.3 is 42.7 Å². The summed E-state index contributed by atoms with van der Waals surface area (Å²) in [4.78, 5) is 69.0. The van der Waals surface area contributed by atoms with Crippen LogP contribution in [0.25, 0.3) is 0 Å². The Bertz CT molecular complexity index is 652. The van der Waals surface area contributed by atoms with Gasteiger partial charge in [-0.15, -0.1) is 0 Å². The van der Waals surface area contributed by atoms with Crippen molar-refractivity contribution in [2.75, 3.05) is 6.61 Å². The van der Waals surface area contributed by atoms with E-state index in [2.05, 4.69) is 10.6 Å². The molecule has 0 radical (unpaired) electrons. The molecule has 4 atom stereocenters. The molecule has 0 heterocycles. The van der Waals surface area contributed by atoms with Crippen molar-refractivity contribution in [1.29, 1.82) is 0 Å². The van der Waals surface area contributed by atoms with Crippen LogP contribution in [0.2, 0.25) is 0 Å². The first-order chi connectivity index (χ1) is 13.4. The molecule has 0 aliphatic rings. The van der Waals surface area contributed by atoms with Crippen molar-refractivity contribution in [3.63, 3.8) is 0 Å². The van der Waals surface area contributed by atoms with Gasteiger partial charge in [-0.1, -0.05) is 0 Å². The van der Waals surface area contributed by atoms with Crippen LogP contribution < -0.4 is 27.4 Å². The van der Waals surface area contributed by atoms with Crippen molar-refractivity contribution in [2.45, 2.75) is 50.4 Å². The molecule has 10 N–H and O–H groups in total. The van der Waals surface area contributed by atoms with Crippen molar-refractivity contribution in [1.82, 2.24) is 16.0 Å². The zero-order valence-corrected chi connectivity index (χ0v) is 15.6. The fourth-order valence-corrected chi connectivity index (χ4v) is 1.98. The quantitative estimate of drug-likeness (QED) is 0.142. The number of carboxylic acid groups (broad SMARTS) is 2. The Hall–Kier alpha value is -3.26. The van der Waals surface area contributed by atoms with Gasteiger partial charge in [-0.2, -0.15) is 0 Å². The molecule has 164 valence electrons. The van der Waals surface area contributed by atoms with E-state index in [1.807, 2.05) is 5.32 Å². The first-order valence-electron chi connectivity index (χ1n) is 8.39. The zero-order valence-electron chi connectivity index (χ0n) is 15.6. The van der Waals surface area contributed by atoms with Crippen LogP contribution in [0.1, 0.15) is 26.2 Å². The molecule has 0 fully saturated rings. The molecule has 0 aliphatic heterocycles. The van der Waals surface area contributed by atoms with E-state index in [9.17, 15) is 33.9 Å². The summed E-state index contributed by atoms with van der Waals surface area (Å²) >= 11 is 0. The van der Waals surface area contributed by atoms with Gasteiger partial charge in [-0.3, -0.25) is 24.0 Å². The number of hydrogen-bond acceptors (Lipinski definition) is 8. The third-order valence-corrected chi connectivity index (χ3v) is 3.53. The molecule has 14 heteroatoms. The third kappa shape index (κ3) is 10.0. The summed E-state index contributed by atoms with van der Waals surface area (Å²) < 4.78 is 0. The average molecular weight is 419 g/mol. The van der Waals surface area contributed by atoms with Crippen LogP contribution in [0.3, 0.4) is 0 Å². The van der Waals surface area contributed by atoms with E-state index in [1.165, 1.54) is 6.92 Å². The van der Waals surface area contributed by atoms with Crippen LogP contribution in [-0.4, -0.2) is 81.7 Å². The zero-order chi connectivity index (χ0) is 22.7. The molecule has 14 nitrogen and oxygen atoms in total. The Morgan fingerprint density at radius 1 is 0.862 bits per heavy atom. The average Bonchev–Trinajstić information content (AvgIpc) is 2.60. The highest BCUT2D eigenvalue weighted by Gasteiger charge is 2.30. The second-order valence-electron chi connectivity index (χ2n) is 6.10. The van der Waals surface area contributed by atoms with Crippen molar-refractivity contribution in [3.05, 3.63) is 0 Å². The van der Waals surface area contributed by atoms with Gasteiger partial charge >= 0.3 is 11.9 Å². The summed E-state index contributed by atoms with van der Waals surface area (Å²) in [6, 6.07) is -5.73. The fraction of sp³-hybridized carbons (Fsp3) is 0.600. The Balaban J connectivity index is 5.25.